The molecule has 0 saturated carbocycles. The van der Waals surface area contributed by atoms with Gasteiger partial charge in [-0.15, -0.1) is 0 Å². The van der Waals surface area contributed by atoms with Gasteiger partial charge in [-0.1, -0.05) is 54.8 Å². The lowest BCUT2D eigenvalue weighted by Crippen LogP contribution is -2.27. The molecule has 2 nitrogen and oxygen atoms in total. The van der Waals surface area contributed by atoms with Crippen LogP contribution in [-0.2, 0) is 14.9 Å². The summed E-state index contributed by atoms with van der Waals surface area (Å²) in [5, 5.41) is 0. The fourth-order valence-electron chi connectivity index (χ4n) is 1.70. The molecule has 0 heterocycles. The number of rotatable bonds is 10. The fraction of sp³-hybridized carbons (Fsp3) is 0.600. The first-order chi connectivity index (χ1) is 9.26. The van der Waals surface area contributed by atoms with Crippen molar-refractivity contribution in [3.8, 4) is 0 Å². The number of unbranched alkanes of at least 4 members (excludes halogenated alkanes) is 2. The topological polar surface area (TPSA) is 18.5 Å². The van der Waals surface area contributed by atoms with Crippen LogP contribution in [0.1, 0.15) is 45.1 Å². The van der Waals surface area contributed by atoms with Crippen molar-refractivity contribution in [2.24, 2.45) is 0 Å². The normalized spacial score (nSPS) is 11.2. The average molecular weight is 345 g/mol. The van der Waals surface area contributed by atoms with E-state index in [1.165, 1.54) is 18.4 Å². The van der Waals surface area contributed by atoms with Gasteiger partial charge in [-0.3, -0.25) is 0 Å². The molecule has 0 aliphatic carbocycles. The molecular formula is C15H25BrO2Si. The Balaban J connectivity index is 2.44. The van der Waals surface area contributed by atoms with Crippen molar-refractivity contribution in [2.75, 3.05) is 13.2 Å². The molecule has 0 spiro atoms. The summed E-state index contributed by atoms with van der Waals surface area (Å²) < 4.78 is 13.1. The highest BCUT2D eigenvalue weighted by atomic mass is 79.9. The van der Waals surface area contributed by atoms with Crippen LogP contribution in [0.4, 0.5) is 0 Å². The molecular weight excluding hydrogens is 320 g/mol. The van der Waals surface area contributed by atoms with E-state index in [1.54, 1.807) is 0 Å². The van der Waals surface area contributed by atoms with Gasteiger partial charge in [0.05, 0.1) is 0 Å². The first-order valence-electron chi connectivity index (χ1n) is 7.24. The fourth-order valence-corrected chi connectivity index (χ4v) is 3.81. The highest BCUT2D eigenvalue weighted by Crippen LogP contribution is 2.12. The Labute approximate surface area is 127 Å². The predicted molar refractivity (Wildman–Crippen MR) is 86.7 cm³/mol. The molecule has 0 fully saturated rings. The van der Waals surface area contributed by atoms with Crippen LogP contribution in [0.2, 0.25) is 0 Å². The number of benzene rings is 1. The van der Waals surface area contributed by atoms with Gasteiger partial charge in [-0.25, -0.2) is 0 Å². The van der Waals surface area contributed by atoms with Gasteiger partial charge in [0.1, 0.15) is 0 Å². The Morgan fingerprint density at radius 2 is 1.47 bits per heavy atom. The largest absolute Gasteiger partial charge is 0.396 e. The zero-order valence-electron chi connectivity index (χ0n) is 12.0. The molecule has 0 unspecified atom stereocenters. The lowest BCUT2D eigenvalue weighted by Gasteiger charge is -2.17. The van der Waals surface area contributed by atoms with Crippen molar-refractivity contribution in [3.05, 3.63) is 34.3 Å². The molecule has 0 amide bonds. The summed E-state index contributed by atoms with van der Waals surface area (Å²) in [6.45, 7) is 6.06. The Morgan fingerprint density at radius 3 is 1.95 bits per heavy atom. The average Bonchev–Trinajstić information content (AvgIpc) is 2.41. The van der Waals surface area contributed by atoms with E-state index in [2.05, 4.69) is 54.0 Å². The lowest BCUT2D eigenvalue weighted by atomic mass is 10.2. The molecule has 0 saturated heterocycles. The van der Waals surface area contributed by atoms with E-state index in [4.69, 9.17) is 8.85 Å². The third-order valence-corrected chi connectivity index (χ3v) is 5.47. The molecule has 0 radical (unpaired) electrons. The predicted octanol–water partition coefficient (Wildman–Crippen LogP) is 4.38. The molecule has 19 heavy (non-hydrogen) atoms. The van der Waals surface area contributed by atoms with E-state index < -0.39 is 9.28 Å². The van der Waals surface area contributed by atoms with Crippen LogP contribution in [0.5, 0.6) is 0 Å². The summed E-state index contributed by atoms with van der Waals surface area (Å²) in [5.74, 6) is 0. The Bertz CT molecular complexity index is 319. The second-order valence-electron chi connectivity index (χ2n) is 4.71. The standard InChI is InChI=1S/C15H25BrO2Si/c1-3-5-11-17-19(18-12-6-4-2)13-14-7-9-15(16)10-8-14/h7-10,19H,3-6,11-13H2,1-2H3. The van der Waals surface area contributed by atoms with Crippen LogP contribution in [0.3, 0.4) is 0 Å². The van der Waals surface area contributed by atoms with Crippen molar-refractivity contribution in [1.29, 1.82) is 0 Å². The van der Waals surface area contributed by atoms with Crippen molar-refractivity contribution in [2.45, 2.75) is 45.6 Å². The molecule has 0 atom stereocenters. The minimum absolute atomic E-state index is 0.843. The minimum Gasteiger partial charge on any atom is -0.396 e. The molecule has 0 aromatic heterocycles. The molecule has 4 heteroatoms. The van der Waals surface area contributed by atoms with E-state index in [0.717, 1.165) is 36.6 Å². The van der Waals surface area contributed by atoms with Crippen LogP contribution in [0.25, 0.3) is 0 Å². The number of hydrogen-bond acceptors (Lipinski definition) is 2. The van der Waals surface area contributed by atoms with Crippen molar-refractivity contribution >= 4 is 25.2 Å². The number of hydrogen-bond donors (Lipinski definition) is 0. The SMILES string of the molecule is CCCCO[SiH](Cc1ccc(Br)cc1)OCCCC. The molecule has 108 valence electrons. The lowest BCUT2D eigenvalue weighted by molar-refractivity contribution is 0.191. The molecule has 0 bridgehead atoms. The molecule has 0 aliphatic rings. The van der Waals surface area contributed by atoms with Crippen LogP contribution < -0.4 is 0 Å². The summed E-state index contributed by atoms with van der Waals surface area (Å²) >= 11 is 3.46. The van der Waals surface area contributed by atoms with Crippen molar-refractivity contribution in [1.82, 2.24) is 0 Å². The summed E-state index contributed by atoms with van der Waals surface area (Å²) in [6.07, 6.45) is 4.60. The zero-order chi connectivity index (χ0) is 13.9. The first-order valence-corrected chi connectivity index (χ1v) is 9.79. The maximum atomic E-state index is 5.97. The molecule has 1 rings (SSSR count). The van der Waals surface area contributed by atoms with Crippen molar-refractivity contribution in [3.63, 3.8) is 0 Å². The van der Waals surface area contributed by atoms with Crippen LogP contribution in [0, 0.1) is 0 Å². The minimum atomic E-state index is -1.55. The molecule has 0 N–H and O–H groups in total. The molecule has 0 aliphatic heterocycles. The quantitative estimate of drug-likeness (QED) is 0.463. The highest BCUT2D eigenvalue weighted by Gasteiger charge is 2.14. The summed E-state index contributed by atoms with van der Waals surface area (Å²) in [7, 11) is -1.55. The summed E-state index contributed by atoms with van der Waals surface area (Å²) in [4.78, 5) is 0. The van der Waals surface area contributed by atoms with Crippen molar-refractivity contribution < 1.29 is 8.85 Å². The van der Waals surface area contributed by atoms with Gasteiger partial charge < -0.3 is 8.85 Å². The van der Waals surface area contributed by atoms with E-state index in [-0.39, 0.29) is 0 Å². The maximum absolute atomic E-state index is 5.97. The van der Waals surface area contributed by atoms with Gasteiger partial charge in [0, 0.05) is 23.7 Å². The second-order valence-corrected chi connectivity index (χ2v) is 7.56. The molecule has 1 aromatic carbocycles. The second kappa shape index (κ2) is 10.6. The Kier molecular flexibility index (Phi) is 9.43. The summed E-state index contributed by atoms with van der Waals surface area (Å²) in [5.41, 5.74) is 1.31. The highest BCUT2D eigenvalue weighted by molar-refractivity contribution is 9.10. The van der Waals surface area contributed by atoms with E-state index in [0.29, 0.717) is 0 Å². The first kappa shape index (κ1) is 16.9. The smallest absolute Gasteiger partial charge is 0.325 e. The Morgan fingerprint density at radius 1 is 0.947 bits per heavy atom. The van der Waals surface area contributed by atoms with Gasteiger partial charge >= 0.3 is 9.28 Å². The third-order valence-electron chi connectivity index (χ3n) is 2.92. The van der Waals surface area contributed by atoms with Gasteiger partial charge in [0.2, 0.25) is 0 Å². The van der Waals surface area contributed by atoms with E-state index >= 15 is 0 Å². The molecule has 1 aromatic rings. The monoisotopic (exact) mass is 344 g/mol. The van der Waals surface area contributed by atoms with Crippen LogP contribution in [0.15, 0.2) is 28.7 Å². The van der Waals surface area contributed by atoms with E-state index in [1.807, 2.05) is 0 Å². The Hall–Kier alpha value is -0.163. The maximum Gasteiger partial charge on any atom is 0.325 e. The summed E-state index contributed by atoms with van der Waals surface area (Å²) in [6, 6.07) is 9.42. The van der Waals surface area contributed by atoms with Gasteiger partial charge in [0.25, 0.3) is 0 Å². The van der Waals surface area contributed by atoms with Gasteiger partial charge in [-0.05, 0) is 30.5 Å². The van der Waals surface area contributed by atoms with Gasteiger partial charge in [-0.2, -0.15) is 0 Å². The third kappa shape index (κ3) is 7.87. The van der Waals surface area contributed by atoms with Crippen LogP contribution in [-0.4, -0.2) is 22.5 Å². The zero-order valence-corrected chi connectivity index (χ0v) is 14.8. The van der Waals surface area contributed by atoms with E-state index in [9.17, 15) is 0 Å². The van der Waals surface area contributed by atoms with Crippen LogP contribution >= 0.6 is 15.9 Å². The number of halogens is 1. The van der Waals surface area contributed by atoms with Gasteiger partial charge in [0.15, 0.2) is 0 Å².